The van der Waals surface area contributed by atoms with Crippen molar-refractivity contribution in [2.24, 2.45) is 0 Å². The van der Waals surface area contributed by atoms with Crippen molar-refractivity contribution < 1.29 is 44.3 Å². The van der Waals surface area contributed by atoms with Gasteiger partial charge in [-0.3, -0.25) is 4.90 Å². The minimum Gasteiger partial charge on any atom is -0.406 e. The minimum atomic E-state index is -5.08. The molecular weight excluding hydrogens is 455 g/mol. The van der Waals surface area contributed by atoms with E-state index >= 15 is 0 Å². The van der Waals surface area contributed by atoms with Crippen molar-refractivity contribution in [2.45, 2.75) is 24.8 Å². The van der Waals surface area contributed by atoms with E-state index in [9.17, 15) is 39.5 Å². The number of nitrogens with zero attached hydrogens (tertiary/aromatic N) is 1. The highest BCUT2D eigenvalue weighted by Crippen LogP contribution is 2.42. The number of hydrogen-bond acceptors (Lipinski definition) is 3. The van der Waals surface area contributed by atoms with Crippen LogP contribution in [0.4, 0.5) is 39.5 Å². The summed E-state index contributed by atoms with van der Waals surface area (Å²) in [5.41, 5.74) is -3.13. The highest BCUT2D eigenvalue weighted by Gasteiger charge is 2.41. The van der Waals surface area contributed by atoms with Gasteiger partial charge >= 0.3 is 18.7 Å². The van der Waals surface area contributed by atoms with Crippen molar-refractivity contribution >= 4 is 0 Å². The third-order valence-electron chi connectivity index (χ3n) is 4.93. The van der Waals surface area contributed by atoms with Gasteiger partial charge in [0.25, 0.3) is 0 Å². The maximum absolute atomic E-state index is 13.8. The summed E-state index contributed by atoms with van der Waals surface area (Å²) in [5.74, 6) is -0.566. The molecule has 0 spiro atoms. The van der Waals surface area contributed by atoms with Gasteiger partial charge in [0.05, 0.1) is 17.2 Å². The fraction of sp³-hybridized carbons (Fsp3) is 0.400. The van der Waals surface area contributed by atoms with E-state index in [0.29, 0.717) is 19.2 Å². The fourth-order valence-corrected chi connectivity index (χ4v) is 3.60. The second-order valence-electron chi connectivity index (χ2n) is 7.10. The molecule has 1 N–H and O–H groups in total. The first-order valence-electron chi connectivity index (χ1n) is 9.34. The molecule has 1 aliphatic heterocycles. The second kappa shape index (κ2) is 8.81. The van der Waals surface area contributed by atoms with Crippen molar-refractivity contribution in [3.8, 4) is 5.75 Å². The average molecular weight is 472 g/mol. The lowest BCUT2D eigenvalue weighted by Gasteiger charge is -2.37. The quantitative estimate of drug-likeness (QED) is 0.585. The molecule has 1 atom stereocenters. The van der Waals surface area contributed by atoms with Gasteiger partial charge in [0.2, 0.25) is 0 Å². The molecule has 32 heavy (non-hydrogen) atoms. The van der Waals surface area contributed by atoms with E-state index < -0.39 is 47.2 Å². The first-order valence-corrected chi connectivity index (χ1v) is 9.34. The molecule has 1 heterocycles. The zero-order valence-electron chi connectivity index (χ0n) is 16.2. The van der Waals surface area contributed by atoms with Crippen LogP contribution >= 0.6 is 0 Å². The molecular formula is C20H17F9N2O. The van der Waals surface area contributed by atoms with Gasteiger partial charge < -0.3 is 10.1 Å². The van der Waals surface area contributed by atoms with Crippen molar-refractivity contribution in [3.63, 3.8) is 0 Å². The maximum atomic E-state index is 13.8. The van der Waals surface area contributed by atoms with Crippen LogP contribution in [0.3, 0.4) is 0 Å². The molecule has 0 unspecified atom stereocenters. The highest BCUT2D eigenvalue weighted by atomic mass is 19.4. The molecule has 0 bridgehead atoms. The van der Waals surface area contributed by atoms with Crippen LogP contribution in [-0.2, 0) is 12.4 Å². The Hall–Kier alpha value is -2.47. The van der Waals surface area contributed by atoms with Crippen LogP contribution in [0.1, 0.15) is 28.3 Å². The van der Waals surface area contributed by atoms with E-state index in [1.807, 2.05) is 0 Å². The standard InChI is InChI=1S/C20H17F9N2O/c21-18(22,23)13-3-6-15(16(11-13)19(24,25)26)17(31-9-7-30-8-10-31)12-1-4-14(5-2-12)32-20(27,28)29/h1-6,11,17,30H,7-10H2/t17-/m1/s1. The molecule has 0 radical (unpaired) electrons. The molecule has 12 heteroatoms. The van der Waals surface area contributed by atoms with Crippen molar-refractivity contribution in [1.82, 2.24) is 10.2 Å². The van der Waals surface area contributed by atoms with Gasteiger partial charge in [0.15, 0.2) is 0 Å². The van der Waals surface area contributed by atoms with E-state index in [-0.39, 0.29) is 24.7 Å². The predicted octanol–water partition coefficient (Wildman–Crippen LogP) is 5.62. The van der Waals surface area contributed by atoms with Crippen LogP contribution < -0.4 is 10.1 Å². The smallest absolute Gasteiger partial charge is 0.406 e. The third-order valence-corrected chi connectivity index (χ3v) is 4.93. The zero-order chi connectivity index (χ0) is 23.7. The molecule has 2 aromatic rings. The molecule has 1 saturated heterocycles. The Morgan fingerprint density at radius 1 is 0.781 bits per heavy atom. The third kappa shape index (κ3) is 5.85. The summed E-state index contributed by atoms with van der Waals surface area (Å²) in [5, 5.41) is 3.02. The number of rotatable bonds is 4. The number of nitrogens with one attached hydrogen (secondary N) is 1. The average Bonchev–Trinajstić information content (AvgIpc) is 2.68. The summed E-state index contributed by atoms with van der Waals surface area (Å²) in [6.45, 7) is 1.41. The van der Waals surface area contributed by atoms with Crippen LogP contribution in [-0.4, -0.2) is 37.4 Å². The molecule has 3 rings (SSSR count). The van der Waals surface area contributed by atoms with Crippen molar-refractivity contribution in [3.05, 3.63) is 64.7 Å². The lowest BCUT2D eigenvalue weighted by molar-refractivity contribution is -0.274. The van der Waals surface area contributed by atoms with Crippen LogP contribution in [0.2, 0.25) is 0 Å². The number of alkyl halides is 9. The molecule has 0 aliphatic carbocycles. The molecule has 0 aromatic heterocycles. The fourth-order valence-electron chi connectivity index (χ4n) is 3.60. The maximum Gasteiger partial charge on any atom is 0.573 e. The Kier molecular flexibility index (Phi) is 6.66. The lowest BCUT2D eigenvalue weighted by atomic mass is 9.91. The number of halogens is 9. The molecule has 3 nitrogen and oxygen atoms in total. The summed E-state index contributed by atoms with van der Waals surface area (Å²) >= 11 is 0. The molecule has 2 aromatic carbocycles. The van der Waals surface area contributed by atoms with Crippen LogP contribution in [0.5, 0.6) is 5.75 Å². The Morgan fingerprint density at radius 3 is 1.88 bits per heavy atom. The van der Waals surface area contributed by atoms with Gasteiger partial charge in [-0.1, -0.05) is 18.2 Å². The molecule has 1 fully saturated rings. The van der Waals surface area contributed by atoms with Gasteiger partial charge in [0, 0.05) is 26.2 Å². The largest absolute Gasteiger partial charge is 0.573 e. The van der Waals surface area contributed by atoms with Gasteiger partial charge in [0.1, 0.15) is 5.75 Å². The number of hydrogen-bond donors (Lipinski definition) is 1. The first kappa shape index (κ1) is 24.2. The number of ether oxygens (including phenoxy) is 1. The summed E-state index contributed by atoms with van der Waals surface area (Å²) in [6, 6.07) is 4.53. The van der Waals surface area contributed by atoms with Crippen molar-refractivity contribution in [2.75, 3.05) is 26.2 Å². The van der Waals surface area contributed by atoms with Crippen LogP contribution in [0.25, 0.3) is 0 Å². The molecule has 0 saturated carbocycles. The molecule has 176 valence electrons. The van der Waals surface area contributed by atoms with Crippen LogP contribution in [0.15, 0.2) is 42.5 Å². The second-order valence-corrected chi connectivity index (χ2v) is 7.10. The molecule has 1 aliphatic rings. The first-order chi connectivity index (χ1) is 14.8. The zero-order valence-corrected chi connectivity index (χ0v) is 16.2. The van der Waals surface area contributed by atoms with E-state index in [0.717, 1.165) is 18.2 Å². The summed E-state index contributed by atoms with van der Waals surface area (Å²) in [4.78, 5) is 1.63. The summed E-state index contributed by atoms with van der Waals surface area (Å²) < 4.78 is 122. The van der Waals surface area contributed by atoms with Gasteiger partial charge in [-0.25, -0.2) is 0 Å². The Labute approximate surface area is 176 Å². The van der Waals surface area contributed by atoms with Crippen molar-refractivity contribution in [1.29, 1.82) is 0 Å². The minimum absolute atomic E-state index is 0.0612. The van der Waals surface area contributed by atoms with Gasteiger partial charge in [-0.15, -0.1) is 13.2 Å². The SMILES string of the molecule is FC(F)(F)Oc1ccc([C@H](c2ccc(C(F)(F)F)cc2C(F)(F)F)N2CCNCC2)cc1. The Bertz CT molecular complexity index is 915. The molecule has 0 amide bonds. The summed E-state index contributed by atoms with van der Waals surface area (Å²) in [6.07, 6.45) is -15.0. The van der Waals surface area contributed by atoms with Crippen LogP contribution in [0, 0.1) is 0 Å². The van der Waals surface area contributed by atoms with E-state index in [4.69, 9.17) is 0 Å². The Morgan fingerprint density at radius 2 is 1.38 bits per heavy atom. The van der Waals surface area contributed by atoms with E-state index in [1.54, 1.807) is 4.90 Å². The summed E-state index contributed by atoms with van der Waals surface area (Å²) in [7, 11) is 0. The van der Waals surface area contributed by atoms with E-state index in [2.05, 4.69) is 10.1 Å². The van der Waals surface area contributed by atoms with E-state index in [1.165, 1.54) is 12.1 Å². The lowest BCUT2D eigenvalue weighted by Crippen LogP contribution is -2.45. The highest BCUT2D eigenvalue weighted by molar-refractivity contribution is 5.43. The topological polar surface area (TPSA) is 24.5 Å². The van der Waals surface area contributed by atoms with Gasteiger partial charge in [-0.2, -0.15) is 26.3 Å². The number of benzene rings is 2. The Balaban J connectivity index is 2.10. The normalized spacial score (nSPS) is 17.3. The van der Waals surface area contributed by atoms with Gasteiger partial charge in [-0.05, 0) is 35.4 Å². The predicted molar refractivity (Wildman–Crippen MR) is 95.9 cm³/mol. The monoisotopic (exact) mass is 472 g/mol. The number of piperazine rings is 1.